The third-order valence-corrected chi connectivity index (χ3v) is 4.67. The molecule has 1 N–H and O–H groups in total. The van der Waals surface area contributed by atoms with E-state index in [0.717, 1.165) is 18.5 Å². The van der Waals surface area contributed by atoms with Gasteiger partial charge in [0.15, 0.2) is 0 Å². The molecule has 1 aliphatic rings. The number of aryl methyl sites for hydroxylation is 2. The average Bonchev–Trinajstić information content (AvgIpc) is 2.79. The van der Waals surface area contributed by atoms with Crippen LogP contribution in [0.4, 0.5) is 4.79 Å². The Labute approximate surface area is 151 Å². The van der Waals surface area contributed by atoms with Gasteiger partial charge >= 0.3 is 6.03 Å². The number of carbonyl (C=O) groups excluding carboxylic acids is 2. The molecule has 0 unspecified atom stereocenters. The Balaban J connectivity index is 1.95. The molecule has 0 aromatic heterocycles. The maximum atomic E-state index is 12.6. The minimum Gasteiger partial charge on any atom is -0.341 e. The number of amides is 3. The van der Waals surface area contributed by atoms with Crippen molar-refractivity contribution in [3.05, 3.63) is 34.9 Å². The maximum Gasteiger partial charge on any atom is 0.317 e. The molecule has 1 aromatic rings. The van der Waals surface area contributed by atoms with Gasteiger partial charge in [-0.2, -0.15) is 0 Å². The molecule has 1 saturated heterocycles. The number of nitrogens with zero attached hydrogens (tertiary/aromatic N) is 2. The topological polar surface area (TPSA) is 52.7 Å². The van der Waals surface area contributed by atoms with Crippen molar-refractivity contribution in [2.45, 2.75) is 47.1 Å². The number of benzene rings is 1. The van der Waals surface area contributed by atoms with Gasteiger partial charge in [-0.1, -0.05) is 43.2 Å². The first-order valence-electron chi connectivity index (χ1n) is 9.20. The van der Waals surface area contributed by atoms with Gasteiger partial charge in [0.05, 0.1) is 6.04 Å². The molecule has 0 saturated carbocycles. The van der Waals surface area contributed by atoms with E-state index in [4.69, 9.17) is 0 Å². The van der Waals surface area contributed by atoms with Gasteiger partial charge in [-0.15, -0.1) is 0 Å². The van der Waals surface area contributed by atoms with Crippen LogP contribution in [0.3, 0.4) is 0 Å². The molecule has 1 aliphatic heterocycles. The van der Waals surface area contributed by atoms with Gasteiger partial charge < -0.3 is 15.1 Å². The lowest BCUT2D eigenvalue weighted by Crippen LogP contribution is -2.43. The summed E-state index contributed by atoms with van der Waals surface area (Å²) in [6, 6.07) is 6.27. The minimum atomic E-state index is -0.0505. The minimum absolute atomic E-state index is 0.00459. The summed E-state index contributed by atoms with van der Waals surface area (Å²) in [6.07, 6.45) is 0.823. The van der Waals surface area contributed by atoms with Crippen LogP contribution in [0.2, 0.25) is 0 Å². The molecule has 3 amide bonds. The number of nitrogens with one attached hydrogen (secondary N) is 1. The van der Waals surface area contributed by atoms with Crippen molar-refractivity contribution >= 4 is 11.9 Å². The Bertz CT molecular complexity index is 607. The van der Waals surface area contributed by atoms with Crippen LogP contribution in [0.5, 0.6) is 0 Å². The molecule has 138 valence electrons. The van der Waals surface area contributed by atoms with Crippen molar-refractivity contribution < 1.29 is 9.59 Å². The van der Waals surface area contributed by atoms with Gasteiger partial charge in [-0.3, -0.25) is 4.79 Å². The van der Waals surface area contributed by atoms with E-state index in [-0.39, 0.29) is 23.9 Å². The molecule has 0 spiro atoms. The molecule has 25 heavy (non-hydrogen) atoms. The van der Waals surface area contributed by atoms with Crippen molar-refractivity contribution in [2.24, 2.45) is 5.92 Å². The number of carbonyl (C=O) groups is 2. The highest BCUT2D eigenvalue weighted by Crippen LogP contribution is 2.17. The second-order valence-electron chi connectivity index (χ2n) is 7.41. The van der Waals surface area contributed by atoms with Crippen LogP contribution in [0.25, 0.3) is 0 Å². The Kier molecular flexibility index (Phi) is 6.45. The SMILES string of the molecule is Cc1cc(C)cc([C@H](C)NC(=O)N2CCCN(C(=O)C(C)C)CC2)c1. The van der Waals surface area contributed by atoms with Gasteiger partial charge in [-0.05, 0) is 32.8 Å². The standard InChI is InChI=1S/C20H31N3O2/c1-14(2)19(24)22-7-6-8-23(10-9-22)20(25)21-17(5)18-12-15(3)11-16(4)13-18/h11-14,17H,6-10H2,1-5H3,(H,21,25)/t17-/m0/s1. The molecule has 1 atom stereocenters. The Morgan fingerprint density at radius 1 is 0.920 bits per heavy atom. The second-order valence-corrected chi connectivity index (χ2v) is 7.41. The Morgan fingerprint density at radius 2 is 1.48 bits per heavy atom. The first-order valence-corrected chi connectivity index (χ1v) is 9.20. The molecule has 0 bridgehead atoms. The number of hydrogen-bond acceptors (Lipinski definition) is 2. The van der Waals surface area contributed by atoms with E-state index in [1.807, 2.05) is 30.6 Å². The van der Waals surface area contributed by atoms with Gasteiger partial charge in [0.25, 0.3) is 0 Å². The highest BCUT2D eigenvalue weighted by atomic mass is 16.2. The van der Waals surface area contributed by atoms with Crippen LogP contribution >= 0.6 is 0 Å². The van der Waals surface area contributed by atoms with E-state index < -0.39 is 0 Å². The average molecular weight is 345 g/mol. The van der Waals surface area contributed by atoms with E-state index in [9.17, 15) is 9.59 Å². The number of urea groups is 1. The molecular weight excluding hydrogens is 314 g/mol. The largest absolute Gasteiger partial charge is 0.341 e. The van der Waals surface area contributed by atoms with Crippen LogP contribution in [-0.2, 0) is 4.79 Å². The fourth-order valence-corrected chi connectivity index (χ4v) is 3.33. The third-order valence-electron chi connectivity index (χ3n) is 4.67. The predicted octanol–water partition coefficient (Wildman–Crippen LogP) is 3.26. The van der Waals surface area contributed by atoms with Crippen LogP contribution < -0.4 is 5.32 Å². The maximum absolute atomic E-state index is 12.6. The molecule has 5 heteroatoms. The van der Waals surface area contributed by atoms with Crippen molar-refractivity contribution in [1.29, 1.82) is 0 Å². The van der Waals surface area contributed by atoms with E-state index in [1.54, 1.807) is 0 Å². The molecule has 1 heterocycles. The molecule has 1 fully saturated rings. The smallest absolute Gasteiger partial charge is 0.317 e. The van der Waals surface area contributed by atoms with Gasteiger partial charge in [0.1, 0.15) is 0 Å². The van der Waals surface area contributed by atoms with Crippen LogP contribution in [0, 0.1) is 19.8 Å². The van der Waals surface area contributed by atoms with E-state index in [0.29, 0.717) is 19.6 Å². The summed E-state index contributed by atoms with van der Waals surface area (Å²) in [5.74, 6) is 0.177. The van der Waals surface area contributed by atoms with Crippen molar-refractivity contribution in [3.63, 3.8) is 0 Å². The van der Waals surface area contributed by atoms with E-state index in [2.05, 4.69) is 37.4 Å². The second kappa shape index (κ2) is 8.37. The summed E-state index contributed by atoms with van der Waals surface area (Å²) in [7, 11) is 0. The first kappa shape index (κ1) is 19.3. The molecule has 5 nitrogen and oxygen atoms in total. The summed E-state index contributed by atoms with van der Waals surface area (Å²) in [6.45, 7) is 12.6. The van der Waals surface area contributed by atoms with Crippen molar-refractivity contribution in [3.8, 4) is 0 Å². The van der Waals surface area contributed by atoms with Gasteiger partial charge in [0, 0.05) is 32.1 Å². The highest BCUT2D eigenvalue weighted by molar-refractivity contribution is 5.78. The van der Waals surface area contributed by atoms with Crippen LogP contribution in [0.1, 0.15) is 49.9 Å². The first-order chi connectivity index (χ1) is 11.8. The van der Waals surface area contributed by atoms with Gasteiger partial charge in [-0.25, -0.2) is 4.79 Å². The zero-order chi connectivity index (χ0) is 18.6. The lowest BCUT2D eigenvalue weighted by atomic mass is 10.0. The van der Waals surface area contributed by atoms with Crippen LogP contribution in [-0.4, -0.2) is 47.9 Å². The predicted molar refractivity (Wildman–Crippen MR) is 100 cm³/mol. The molecule has 1 aromatic carbocycles. The van der Waals surface area contributed by atoms with Crippen LogP contribution in [0.15, 0.2) is 18.2 Å². The lowest BCUT2D eigenvalue weighted by molar-refractivity contribution is -0.134. The Hall–Kier alpha value is -2.04. The fourth-order valence-electron chi connectivity index (χ4n) is 3.33. The number of hydrogen-bond donors (Lipinski definition) is 1. The van der Waals surface area contributed by atoms with Crippen molar-refractivity contribution in [1.82, 2.24) is 15.1 Å². The molecule has 2 rings (SSSR count). The van der Waals surface area contributed by atoms with E-state index in [1.165, 1.54) is 11.1 Å². The summed E-state index contributed by atoms with van der Waals surface area (Å²) in [5, 5.41) is 3.10. The third kappa shape index (κ3) is 5.21. The summed E-state index contributed by atoms with van der Waals surface area (Å²) >= 11 is 0. The normalized spacial score (nSPS) is 16.6. The molecular formula is C20H31N3O2. The zero-order valence-corrected chi connectivity index (χ0v) is 16.1. The van der Waals surface area contributed by atoms with E-state index >= 15 is 0 Å². The zero-order valence-electron chi connectivity index (χ0n) is 16.1. The number of rotatable bonds is 3. The molecule has 0 aliphatic carbocycles. The highest BCUT2D eigenvalue weighted by Gasteiger charge is 2.24. The fraction of sp³-hybridized carbons (Fsp3) is 0.600. The quantitative estimate of drug-likeness (QED) is 0.914. The van der Waals surface area contributed by atoms with Gasteiger partial charge in [0.2, 0.25) is 5.91 Å². The lowest BCUT2D eigenvalue weighted by Gasteiger charge is -2.25. The monoisotopic (exact) mass is 345 g/mol. The van der Waals surface area contributed by atoms with Crippen molar-refractivity contribution in [2.75, 3.05) is 26.2 Å². The summed E-state index contributed by atoms with van der Waals surface area (Å²) in [5.41, 5.74) is 3.53. The molecule has 0 radical (unpaired) electrons. The Morgan fingerprint density at radius 3 is 2.08 bits per heavy atom. The summed E-state index contributed by atoms with van der Waals surface area (Å²) < 4.78 is 0. The summed E-state index contributed by atoms with van der Waals surface area (Å²) in [4.78, 5) is 28.5.